The van der Waals surface area contributed by atoms with E-state index in [-0.39, 0.29) is 0 Å². The smallest absolute Gasteiger partial charge is 0.000186 e. The van der Waals surface area contributed by atoms with E-state index in [2.05, 4.69) is 71.9 Å². The van der Waals surface area contributed by atoms with E-state index in [0.717, 1.165) is 0 Å². The highest BCUT2D eigenvalue weighted by molar-refractivity contribution is 5.98. The van der Waals surface area contributed by atoms with Gasteiger partial charge in [-0.05, 0) is 63.8 Å². The molecular weight excluding hydrogens is 252 g/mol. The summed E-state index contributed by atoms with van der Waals surface area (Å²) < 4.78 is 0. The van der Waals surface area contributed by atoms with E-state index >= 15 is 0 Å². The van der Waals surface area contributed by atoms with Gasteiger partial charge in [-0.2, -0.15) is 0 Å². The first-order chi connectivity index (χ1) is 9.88. The van der Waals surface area contributed by atoms with Gasteiger partial charge in [-0.25, -0.2) is 0 Å². The van der Waals surface area contributed by atoms with Crippen LogP contribution in [0.25, 0.3) is 11.6 Å². The van der Waals surface area contributed by atoms with Gasteiger partial charge in [0.2, 0.25) is 0 Å². The molecule has 1 aromatic rings. The number of rotatable bonds is 2. The number of fused-ring (bicyclic) bond motifs is 3. The molecule has 0 bridgehead atoms. The van der Waals surface area contributed by atoms with Crippen molar-refractivity contribution in [3.63, 3.8) is 0 Å². The first-order valence-electron chi connectivity index (χ1n) is 8.18. The second kappa shape index (κ2) is 5.02. The summed E-state index contributed by atoms with van der Waals surface area (Å²) in [5, 5.41) is 0. The molecule has 0 fully saturated rings. The Labute approximate surface area is 129 Å². The van der Waals surface area contributed by atoms with E-state index in [1.807, 2.05) is 0 Å². The summed E-state index contributed by atoms with van der Waals surface area (Å²) in [5.41, 5.74) is 10.2. The molecule has 0 N–H and O–H groups in total. The lowest BCUT2D eigenvalue weighted by Crippen LogP contribution is -2.06. The van der Waals surface area contributed by atoms with E-state index in [1.165, 1.54) is 39.0 Å². The SMILES string of the molecule is Cc1cc(C(C)C)cc2c1C=C1C2=CC(C(C)C)=CC1C. The molecule has 0 nitrogen and oxygen atoms in total. The Morgan fingerprint density at radius 2 is 1.67 bits per heavy atom. The van der Waals surface area contributed by atoms with Crippen molar-refractivity contribution in [2.75, 3.05) is 0 Å². The molecule has 2 aliphatic rings. The molecule has 3 rings (SSSR count). The van der Waals surface area contributed by atoms with Crippen LogP contribution in [0.3, 0.4) is 0 Å². The molecule has 110 valence electrons. The fourth-order valence-corrected chi connectivity index (χ4v) is 3.45. The average molecular weight is 278 g/mol. The maximum Gasteiger partial charge on any atom is 0.000186 e. The van der Waals surface area contributed by atoms with Crippen molar-refractivity contribution in [1.29, 1.82) is 0 Å². The minimum absolute atomic E-state index is 0.525. The van der Waals surface area contributed by atoms with Crippen LogP contribution in [0.4, 0.5) is 0 Å². The standard InChI is InChI=1S/C21H26/c1-12(2)16-7-14(5)18-11-19-15(6)8-17(13(3)4)10-21(19)20(18)9-16/h7-14H,1-6H3. The van der Waals surface area contributed by atoms with Crippen molar-refractivity contribution in [3.05, 3.63) is 57.7 Å². The number of benzene rings is 1. The number of allylic oxidation sites excluding steroid dienone is 5. The predicted octanol–water partition coefficient (Wildman–Crippen LogP) is 6.13. The number of aryl methyl sites for hydroxylation is 1. The summed E-state index contributed by atoms with van der Waals surface area (Å²) in [6.07, 6.45) is 7.27. The summed E-state index contributed by atoms with van der Waals surface area (Å²) in [5.74, 6) is 1.71. The van der Waals surface area contributed by atoms with E-state index < -0.39 is 0 Å². The maximum absolute atomic E-state index is 2.44. The minimum atomic E-state index is 0.525. The first kappa shape index (κ1) is 14.4. The zero-order chi connectivity index (χ0) is 15.3. The lowest BCUT2D eigenvalue weighted by atomic mass is 9.82. The molecule has 1 unspecified atom stereocenters. The van der Waals surface area contributed by atoms with Crippen LogP contribution in [-0.2, 0) is 0 Å². The van der Waals surface area contributed by atoms with Gasteiger partial charge in [0.1, 0.15) is 0 Å². The fraction of sp³-hybridized carbons (Fsp3) is 0.429. The van der Waals surface area contributed by atoms with Gasteiger partial charge in [0.25, 0.3) is 0 Å². The first-order valence-corrected chi connectivity index (χ1v) is 8.18. The van der Waals surface area contributed by atoms with Gasteiger partial charge in [-0.1, -0.05) is 58.9 Å². The molecule has 1 aromatic carbocycles. The van der Waals surface area contributed by atoms with Crippen molar-refractivity contribution >= 4 is 11.6 Å². The molecule has 0 radical (unpaired) electrons. The van der Waals surface area contributed by atoms with Crippen LogP contribution in [-0.4, -0.2) is 0 Å². The van der Waals surface area contributed by atoms with Gasteiger partial charge in [0.05, 0.1) is 0 Å². The quantitative estimate of drug-likeness (QED) is 0.610. The van der Waals surface area contributed by atoms with Gasteiger partial charge in [0.15, 0.2) is 0 Å². The van der Waals surface area contributed by atoms with Gasteiger partial charge in [0, 0.05) is 5.92 Å². The van der Waals surface area contributed by atoms with Gasteiger partial charge >= 0.3 is 0 Å². The molecule has 0 aliphatic heterocycles. The molecule has 2 aliphatic carbocycles. The van der Waals surface area contributed by atoms with Crippen LogP contribution in [0.5, 0.6) is 0 Å². The Hall–Kier alpha value is -1.56. The third-order valence-electron chi connectivity index (χ3n) is 4.89. The van der Waals surface area contributed by atoms with Crippen LogP contribution in [0.15, 0.2) is 35.4 Å². The monoisotopic (exact) mass is 278 g/mol. The highest BCUT2D eigenvalue weighted by Gasteiger charge is 2.27. The van der Waals surface area contributed by atoms with Crippen molar-refractivity contribution in [3.8, 4) is 0 Å². The average Bonchev–Trinajstić information content (AvgIpc) is 2.78. The molecular formula is C21H26. The summed E-state index contributed by atoms with van der Waals surface area (Å²) in [7, 11) is 0. The molecule has 21 heavy (non-hydrogen) atoms. The lowest BCUT2D eigenvalue weighted by molar-refractivity contribution is 0.759. The van der Waals surface area contributed by atoms with Crippen molar-refractivity contribution < 1.29 is 0 Å². The zero-order valence-electron chi connectivity index (χ0n) is 14.1. The van der Waals surface area contributed by atoms with Gasteiger partial charge in [-0.3, -0.25) is 0 Å². The molecule has 0 heteroatoms. The van der Waals surface area contributed by atoms with Crippen molar-refractivity contribution in [2.24, 2.45) is 11.8 Å². The number of hydrogen-bond acceptors (Lipinski definition) is 0. The van der Waals surface area contributed by atoms with E-state index in [0.29, 0.717) is 17.8 Å². The van der Waals surface area contributed by atoms with Crippen LogP contribution < -0.4 is 0 Å². The van der Waals surface area contributed by atoms with Crippen LogP contribution in [0, 0.1) is 18.8 Å². The Morgan fingerprint density at radius 3 is 2.29 bits per heavy atom. The van der Waals surface area contributed by atoms with Crippen LogP contribution in [0.1, 0.15) is 62.8 Å². The predicted molar refractivity (Wildman–Crippen MR) is 93.3 cm³/mol. The highest BCUT2D eigenvalue weighted by atomic mass is 14.3. The molecule has 0 saturated heterocycles. The molecule has 0 heterocycles. The second-order valence-electron chi connectivity index (χ2n) is 7.22. The third kappa shape index (κ3) is 2.31. The second-order valence-corrected chi connectivity index (χ2v) is 7.22. The molecule has 0 spiro atoms. The van der Waals surface area contributed by atoms with E-state index in [4.69, 9.17) is 0 Å². The maximum atomic E-state index is 2.44. The molecule has 0 amide bonds. The van der Waals surface area contributed by atoms with E-state index in [1.54, 1.807) is 0 Å². The topological polar surface area (TPSA) is 0 Å². The van der Waals surface area contributed by atoms with Crippen molar-refractivity contribution in [2.45, 2.75) is 47.5 Å². The Kier molecular flexibility index (Phi) is 3.43. The van der Waals surface area contributed by atoms with Gasteiger partial charge in [-0.15, -0.1) is 0 Å². The summed E-state index contributed by atoms with van der Waals surface area (Å²) in [6.45, 7) is 13.7. The van der Waals surface area contributed by atoms with Crippen molar-refractivity contribution in [1.82, 2.24) is 0 Å². The highest BCUT2D eigenvalue weighted by Crippen LogP contribution is 2.45. The van der Waals surface area contributed by atoms with Crippen LogP contribution in [0.2, 0.25) is 0 Å². The summed E-state index contributed by atoms with van der Waals surface area (Å²) in [6, 6.07) is 4.78. The Morgan fingerprint density at radius 1 is 0.952 bits per heavy atom. The van der Waals surface area contributed by atoms with E-state index in [9.17, 15) is 0 Å². The number of hydrogen-bond donors (Lipinski definition) is 0. The molecule has 1 atom stereocenters. The summed E-state index contributed by atoms with van der Waals surface area (Å²) in [4.78, 5) is 0. The fourth-order valence-electron chi connectivity index (χ4n) is 3.45. The molecule has 0 saturated carbocycles. The Balaban J connectivity index is 2.17. The van der Waals surface area contributed by atoms with Crippen LogP contribution >= 0.6 is 0 Å². The largest absolute Gasteiger partial charge is 0.0738 e. The Bertz CT molecular complexity index is 678. The zero-order valence-corrected chi connectivity index (χ0v) is 14.1. The lowest BCUT2D eigenvalue weighted by Gasteiger charge is -2.22. The minimum Gasteiger partial charge on any atom is -0.0738 e. The summed E-state index contributed by atoms with van der Waals surface area (Å²) >= 11 is 0. The third-order valence-corrected chi connectivity index (χ3v) is 4.89. The normalized spacial score (nSPS) is 20.2. The molecule has 0 aromatic heterocycles. The van der Waals surface area contributed by atoms with Gasteiger partial charge < -0.3 is 0 Å².